The van der Waals surface area contributed by atoms with E-state index < -0.39 is 11.7 Å². The number of alkyl carbamates (subject to hydrolysis) is 1. The summed E-state index contributed by atoms with van der Waals surface area (Å²) in [6.07, 6.45) is 2.43. The molecule has 1 aromatic carbocycles. The van der Waals surface area contributed by atoms with Crippen LogP contribution in [0.25, 0.3) is 22.3 Å². The van der Waals surface area contributed by atoms with Gasteiger partial charge in [0.05, 0.1) is 34.5 Å². The first kappa shape index (κ1) is 26.2. The number of nitrogens with one attached hydrogen (secondary N) is 2. The van der Waals surface area contributed by atoms with E-state index in [1.165, 1.54) is 0 Å². The fourth-order valence-electron chi connectivity index (χ4n) is 4.63. The van der Waals surface area contributed by atoms with Crippen LogP contribution >= 0.6 is 0 Å². The fourth-order valence-corrected chi connectivity index (χ4v) is 4.63. The molecule has 4 heterocycles. The zero-order valence-electron chi connectivity index (χ0n) is 22.8. The summed E-state index contributed by atoms with van der Waals surface area (Å²) in [6, 6.07) is 10.9. The molecular formula is C28H33N7O4. The molecule has 0 saturated carbocycles. The lowest BCUT2D eigenvalue weighted by Crippen LogP contribution is -2.42. The van der Waals surface area contributed by atoms with Gasteiger partial charge in [-0.1, -0.05) is 12.1 Å². The van der Waals surface area contributed by atoms with E-state index in [0.717, 1.165) is 11.0 Å². The van der Waals surface area contributed by atoms with Gasteiger partial charge in [0.1, 0.15) is 12.2 Å². The Hall–Kier alpha value is -4.41. The second-order valence-corrected chi connectivity index (χ2v) is 10.7. The summed E-state index contributed by atoms with van der Waals surface area (Å²) >= 11 is 0. The van der Waals surface area contributed by atoms with Gasteiger partial charge in [-0.05, 0) is 64.8 Å². The van der Waals surface area contributed by atoms with Crippen LogP contribution in [0.3, 0.4) is 0 Å². The number of carbonyl (C=O) groups excluding carboxylic acids is 2. The maximum absolute atomic E-state index is 13.4. The number of fused-ring (bicyclic) bond motifs is 7. The zero-order valence-corrected chi connectivity index (χ0v) is 22.8. The Bertz CT molecular complexity index is 1530. The van der Waals surface area contributed by atoms with Gasteiger partial charge >= 0.3 is 6.09 Å². The summed E-state index contributed by atoms with van der Waals surface area (Å²) in [5, 5.41) is 10.3. The van der Waals surface area contributed by atoms with Crippen molar-refractivity contribution in [2.45, 2.75) is 58.7 Å². The minimum atomic E-state index is -0.628. The Labute approximate surface area is 226 Å². The predicted octanol–water partition coefficient (Wildman–Crippen LogP) is 4.46. The van der Waals surface area contributed by atoms with Crippen LogP contribution in [-0.4, -0.2) is 54.6 Å². The largest absolute Gasteiger partial charge is 0.475 e. The van der Waals surface area contributed by atoms with Gasteiger partial charge in [-0.3, -0.25) is 15.1 Å². The molecule has 0 saturated heterocycles. The summed E-state index contributed by atoms with van der Waals surface area (Å²) in [4.78, 5) is 35.4. The Morgan fingerprint density at radius 3 is 2.79 bits per heavy atom. The first-order valence-electron chi connectivity index (χ1n) is 13.0. The zero-order chi connectivity index (χ0) is 27.7. The summed E-state index contributed by atoms with van der Waals surface area (Å²) in [6.45, 7) is 8.07. The van der Waals surface area contributed by atoms with E-state index >= 15 is 0 Å². The van der Waals surface area contributed by atoms with E-state index in [-0.39, 0.29) is 18.6 Å². The molecule has 0 unspecified atom stereocenters. The van der Waals surface area contributed by atoms with Crippen molar-refractivity contribution < 1.29 is 19.1 Å². The molecule has 11 nitrogen and oxygen atoms in total. The number of carbonyl (C=O) groups is 2. The molecule has 39 heavy (non-hydrogen) atoms. The highest BCUT2D eigenvalue weighted by molar-refractivity contribution is 6.04. The quantitative estimate of drug-likeness (QED) is 0.372. The number of imidazole rings is 1. The van der Waals surface area contributed by atoms with Gasteiger partial charge in [-0.15, -0.1) is 0 Å². The highest BCUT2D eigenvalue weighted by atomic mass is 16.6. The van der Waals surface area contributed by atoms with E-state index in [1.807, 2.05) is 56.5 Å². The van der Waals surface area contributed by atoms with Gasteiger partial charge in [-0.25, -0.2) is 14.5 Å². The van der Waals surface area contributed by atoms with Crippen LogP contribution in [0.2, 0.25) is 0 Å². The molecule has 3 aromatic heterocycles. The van der Waals surface area contributed by atoms with Gasteiger partial charge in [0.15, 0.2) is 0 Å². The number of rotatable bonds is 1. The molecule has 5 rings (SSSR count). The molecule has 204 valence electrons. The molecule has 0 spiro atoms. The number of ether oxygens (including phenoxy) is 2. The maximum atomic E-state index is 13.4. The van der Waals surface area contributed by atoms with Gasteiger partial charge in [-0.2, -0.15) is 5.10 Å². The van der Waals surface area contributed by atoms with E-state index in [1.54, 1.807) is 30.1 Å². The first-order chi connectivity index (χ1) is 18.6. The Morgan fingerprint density at radius 1 is 1.21 bits per heavy atom. The molecule has 0 fully saturated rings. The predicted molar refractivity (Wildman–Crippen MR) is 147 cm³/mol. The maximum Gasteiger partial charge on any atom is 0.407 e. The van der Waals surface area contributed by atoms with E-state index in [2.05, 4.69) is 25.7 Å². The molecule has 1 aliphatic rings. The van der Waals surface area contributed by atoms with Crippen molar-refractivity contribution in [3.05, 3.63) is 53.9 Å². The van der Waals surface area contributed by atoms with Crippen LogP contribution in [0, 0.1) is 6.92 Å². The van der Waals surface area contributed by atoms with Gasteiger partial charge in [0.25, 0.3) is 5.91 Å². The Kier molecular flexibility index (Phi) is 6.98. The highest BCUT2D eigenvalue weighted by Gasteiger charge is 2.23. The molecule has 4 aromatic rings. The standard InChI is InChI=1S/C28H33N7O4/c1-17-13-18-14-22(30-17)20-15-29-34(5)25(20)38-16-19(31-27(37)39-28(2,3)4)9-8-12-35-23-11-7-6-10-21(23)32-26(35)33-24(18)36/h6-7,10-11,13-15,19H,8-9,12,16H2,1-5H3,(H,31,37)(H,32,33,36)/t19-/m0/s1. The molecular weight excluding hydrogens is 498 g/mol. The average molecular weight is 532 g/mol. The molecule has 1 atom stereocenters. The van der Waals surface area contributed by atoms with Crippen molar-refractivity contribution in [2.24, 2.45) is 7.05 Å². The van der Waals surface area contributed by atoms with Crippen LogP contribution in [0.4, 0.5) is 10.7 Å². The smallest absolute Gasteiger partial charge is 0.407 e. The lowest BCUT2D eigenvalue weighted by molar-refractivity contribution is 0.0482. The topological polar surface area (TPSA) is 125 Å². The third-order valence-electron chi connectivity index (χ3n) is 6.33. The third-order valence-corrected chi connectivity index (χ3v) is 6.33. The second kappa shape index (κ2) is 10.4. The number of hydrogen-bond acceptors (Lipinski definition) is 7. The summed E-state index contributed by atoms with van der Waals surface area (Å²) in [7, 11) is 1.77. The van der Waals surface area contributed by atoms with Crippen molar-refractivity contribution in [1.29, 1.82) is 0 Å². The number of aromatic nitrogens is 5. The van der Waals surface area contributed by atoms with E-state index in [4.69, 9.17) is 9.47 Å². The lowest BCUT2D eigenvalue weighted by atomic mass is 10.1. The van der Waals surface area contributed by atoms with Crippen LogP contribution in [0.1, 0.15) is 49.7 Å². The molecule has 0 aliphatic carbocycles. The van der Waals surface area contributed by atoms with Crippen LogP contribution < -0.4 is 15.4 Å². The van der Waals surface area contributed by atoms with Crippen molar-refractivity contribution in [2.75, 3.05) is 11.9 Å². The number of aryl methyl sites for hydroxylation is 3. The number of pyridine rings is 1. The molecule has 2 amide bonds. The van der Waals surface area contributed by atoms with Crippen LogP contribution in [-0.2, 0) is 18.3 Å². The van der Waals surface area contributed by atoms with Crippen molar-refractivity contribution in [3.8, 4) is 17.1 Å². The minimum absolute atomic E-state index is 0.194. The SMILES string of the molecule is Cc1cc2cc(n1)-c1cnn(C)c1OC[C@@H](NC(=O)OC(C)(C)C)CCCn1c(nc3ccccc31)NC2=O. The fraction of sp³-hybridized carbons (Fsp3) is 0.393. The molecule has 0 radical (unpaired) electrons. The number of amides is 2. The van der Waals surface area contributed by atoms with Crippen molar-refractivity contribution in [3.63, 3.8) is 0 Å². The molecule has 2 bridgehead atoms. The first-order valence-corrected chi connectivity index (χ1v) is 13.0. The minimum Gasteiger partial charge on any atom is -0.475 e. The third kappa shape index (κ3) is 5.87. The molecule has 11 heteroatoms. The number of nitrogens with zero attached hydrogens (tertiary/aromatic N) is 5. The van der Waals surface area contributed by atoms with Crippen molar-refractivity contribution >= 4 is 29.0 Å². The van der Waals surface area contributed by atoms with Gasteiger partial charge in [0.2, 0.25) is 11.8 Å². The average Bonchev–Trinajstić information content (AvgIpc) is 3.40. The van der Waals surface area contributed by atoms with Crippen LogP contribution in [0.5, 0.6) is 5.88 Å². The van der Waals surface area contributed by atoms with E-state index in [9.17, 15) is 9.59 Å². The Balaban J connectivity index is 1.55. The Morgan fingerprint density at radius 2 is 2.00 bits per heavy atom. The summed E-state index contributed by atoms with van der Waals surface area (Å²) in [5.41, 5.74) is 3.40. The van der Waals surface area contributed by atoms with E-state index in [0.29, 0.717) is 53.7 Å². The second-order valence-electron chi connectivity index (χ2n) is 10.7. The summed E-state index contributed by atoms with van der Waals surface area (Å²) < 4.78 is 15.3. The summed E-state index contributed by atoms with van der Waals surface area (Å²) in [5.74, 6) is 0.662. The molecule has 1 aliphatic heterocycles. The van der Waals surface area contributed by atoms with Crippen LogP contribution in [0.15, 0.2) is 42.6 Å². The van der Waals surface area contributed by atoms with Gasteiger partial charge in [0, 0.05) is 24.8 Å². The number of anilines is 1. The number of hydrogen-bond donors (Lipinski definition) is 2. The van der Waals surface area contributed by atoms with Gasteiger partial charge < -0.3 is 19.4 Å². The number of benzene rings is 1. The molecule has 2 N–H and O–H groups in total. The number of para-hydroxylation sites is 2. The normalized spacial score (nSPS) is 16.2. The van der Waals surface area contributed by atoms with Crippen molar-refractivity contribution in [1.82, 2.24) is 29.6 Å². The lowest BCUT2D eigenvalue weighted by Gasteiger charge is -2.24. The monoisotopic (exact) mass is 531 g/mol. The highest BCUT2D eigenvalue weighted by Crippen LogP contribution is 2.30.